The van der Waals surface area contributed by atoms with Crippen LogP contribution in [0.3, 0.4) is 0 Å². The quantitative estimate of drug-likeness (QED) is 0.418. The molecule has 17 heteroatoms. The lowest BCUT2D eigenvalue weighted by Crippen LogP contribution is -2.28. The maximum Gasteiger partial charge on any atom is 0.490 e. The first-order valence-electron chi connectivity index (χ1n) is 11.3. The number of methoxy groups -OCH3 is 1. The van der Waals surface area contributed by atoms with Crippen LogP contribution in [-0.2, 0) is 38.6 Å². The maximum absolute atomic E-state index is 11.9. The van der Waals surface area contributed by atoms with Crippen molar-refractivity contribution in [2.24, 2.45) is 0 Å². The van der Waals surface area contributed by atoms with Gasteiger partial charge in [-0.25, -0.2) is 9.59 Å². The van der Waals surface area contributed by atoms with E-state index >= 15 is 0 Å². The Morgan fingerprint density at radius 1 is 1.07 bits per heavy atom. The number of alkyl halides is 6. The fourth-order valence-corrected chi connectivity index (χ4v) is 2.94. The molecule has 224 valence electrons. The minimum Gasteiger partial charge on any atom is -0.497 e. The Kier molecular flexibility index (Phi) is 12.9. The second-order valence-corrected chi connectivity index (χ2v) is 8.22. The summed E-state index contributed by atoms with van der Waals surface area (Å²) in [6, 6.07) is 7.99. The predicted octanol–water partition coefficient (Wildman–Crippen LogP) is 2.65. The van der Waals surface area contributed by atoms with E-state index in [4.69, 9.17) is 29.3 Å². The number of halogens is 6. The molecular weight excluding hydrogens is 558 g/mol. The van der Waals surface area contributed by atoms with Crippen LogP contribution >= 0.6 is 0 Å². The number of nitrogens with one attached hydrogen (secondary N) is 1. The molecule has 1 atom stereocenters. The van der Waals surface area contributed by atoms with E-state index in [0.29, 0.717) is 13.2 Å². The average molecular weight is 586 g/mol. The number of fused-ring (bicyclic) bond motifs is 1. The maximum atomic E-state index is 11.9. The van der Waals surface area contributed by atoms with E-state index in [1.54, 1.807) is 30.8 Å². The van der Waals surface area contributed by atoms with Gasteiger partial charge in [0, 0.05) is 33.4 Å². The first kappa shape index (κ1) is 34.2. The van der Waals surface area contributed by atoms with Gasteiger partial charge in [0.15, 0.2) is 0 Å². The summed E-state index contributed by atoms with van der Waals surface area (Å²) < 4.78 is 76.3. The summed E-state index contributed by atoms with van der Waals surface area (Å²) in [6.45, 7) is 2.36. The lowest BCUT2D eigenvalue weighted by Gasteiger charge is -2.22. The molecule has 0 bridgehead atoms. The first-order chi connectivity index (χ1) is 18.4. The summed E-state index contributed by atoms with van der Waals surface area (Å²) >= 11 is 0. The van der Waals surface area contributed by atoms with Crippen LogP contribution in [0.1, 0.15) is 22.9 Å². The number of amides is 1. The summed E-state index contributed by atoms with van der Waals surface area (Å²) in [7, 11) is 5.16. The van der Waals surface area contributed by atoms with Gasteiger partial charge >= 0.3 is 24.3 Å². The van der Waals surface area contributed by atoms with E-state index in [2.05, 4.69) is 10.4 Å². The van der Waals surface area contributed by atoms with Crippen molar-refractivity contribution in [3.63, 3.8) is 0 Å². The second-order valence-electron chi connectivity index (χ2n) is 8.22. The smallest absolute Gasteiger partial charge is 0.490 e. The van der Waals surface area contributed by atoms with E-state index in [0.717, 1.165) is 24.4 Å². The number of aromatic nitrogens is 2. The van der Waals surface area contributed by atoms with E-state index in [1.165, 1.54) is 11.1 Å². The van der Waals surface area contributed by atoms with Gasteiger partial charge in [0.2, 0.25) is 5.91 Å². The number of ether oxygens (including phenoxy) is 2. The van der Waals surface area contributed by atoms with Gasteiger partial charge < -0.3 is 29.9 Å². The standard InChI is InChI=1S/C19H26N4O3.2C2HF3O2/c1-22(2)18(24)13-23-12-15-8-9-26-17(19(15)21-23)11-20-10-14-4-6-16(25-3)7-5-14;2*3-2(4,5)1(6)7/h4-7,12,17,20H,8-11,13H2,1-3H3;2*(H,6,7). The van der Waals surface area contributed by atoms with Crippen LogP contribution in [0.25, 0.3) is 0 Å². The summed E-state index contributed by atoms with van der Waals surface area (Å²) in [5.41, 5.74) is 3.29. The molecule has 2 aromatic rings. The highest BCUT2D eigenvalue weighted by molar-refractivity contribution is 5.75. The van der Waals surface area contributed by atoms with E-state index < -0.39 is 24.3 Å². The Balaban J connectivity index is 0.000000473. The van der Waals surface area contributed by atoms with Crippen LogP contribution < -0.4 is 10.1 Å². The molecule has 2 heterocycles. The largest absolute Gasteiger partial charge is 0.497 e. The zero-order valence-electron chi connectivity index (χ0n) is 21.5. The van der Waals surface area contributed by atoms with Crippen molar-refractivity contribution in [3.05, 3.63) is 47.3 Å². The van der Waals surface area contributed by atoms with Gasteiger partial charge in [-0.05, 0) is 29.7 Å². The molecule has 1 aromatic carbocycles. The van der Waals surface area contributed by atoms with Crippen LogP contribution in [0.2, 0.25) is 0 Å². The van der Waals surface area contributed by atoms with Crippen LogP contribution in [0.5, 0.6) is 5.75 Å². The lowest BCUT2D eigenvalue weighted by molar-refractivity contribution is -0.193. The second kappa shape index (κ2) is 15.1. The molecular formula is C23H28F6N4O7. The Bertz CT molecular complexity index is 1090. The molecule has 3 rings (SSSR count). The molecule has 11 nitrogen and oxygen atoms in total. The zero-order chi connectivity index (χ0) is 30.7. The zero-order valence-corrected chi connectivity index (χ0v) is 21.5. The number of carbonyl (C=O) groups is 3. The molecule has 0 saturated carbocycles. The van der Waals surface area contributed by atoms with E-state index in [-0.39, 0.29) is 18.6 Å². The van der Waals surface area contributed by atoms with Gasteiger partial charge in [-0.15, -0.1) is 0 Å². The number of carboxylic acid groups (broad SMARTS) is 2. The van der Waals surface area contributed by atoms with Crippen molar-refractivity contribution in [1.82, 2.24) is 20.0 Å². The topological polar surface area (TPSA) is 143 Å². The van der Waals surface area contributed by atoms with Gasteiger partial charge in [-0.3, -0.25) is 9.48 Å². The Morgan fingerprint density at radius 3 is 2.05 bits per heavy atom. The molecule has 3 N–H and O–H groups in total. The normalized spacial score (nSPS) is 14.5. The molecule has 0 aliphatic carbocycles. The van der Waals surface area contributed by atoms with E-state index in [1.807, 2.05) is 30.5 Å². The van der Waals surface area contributed by atoms with Crippen LogP contribution in [0.4, 0.5) is 26.3 Å². The number of rotatable bonds is 7. The number of hydrogen-bond donors (Lipinski definition) is 3. The molecule has 0 spiro atoms. The molecule has 1 aromatic heterocycles. The molecule has 0 fully saturated rings. The van der Waals surface area contributed by atoms with Gasteiger partial charge in [0.1, 0.15) is 18.4 Å². The van der Waals surface area contributed by atoms with Crippen LogP contribution in [-0.4, -0.2) is 89.4 Å². The molecule has 40 heavy (non-hydrogen) atoms. The fourth-order valence-electron chi connectivity index (χ4n) is 2.94. The lowest BCUT2D eigenvalue weighted by atomic mass is 10.1. The fraction of sp³-hybridized carbons (Fsp3) is 0.478. The predicted molar refractivity (Wildman–Crippen MR) is 125 cm³/mol. The number of benzene rings is 1. The van der Waals surface area contributed by atoms with Gasteiger partial charge in [-0.2, -0.15) is 31.4 Å². The Morgan fingerprint density at radius 2 is 1.60 bits per heavy atom. The minimum absolute atomic E-state index is 0.0277. The molecule has 0 radical (unpaired) electrons. The van der Waals surface area contributed by atoms with Gasteiger partial charge in [-0.1, -0.05) is 12.1 Å². The number of hydrogen-bond acceptors (Lipinski definition) is 7. The monoisotopic (exact) mass is 586 g/mol. The van der Waals surface area contributed by atoms with Crippen molar-refractivity contribution >= 4 is 17.8 Å². The third kappa shape index (κ3) is 11.9. The highest BCUT2D eigenvalue weighted by Gasteiger charge is 2.38. The van der Waals surface area contributed by atoms with Crippen molar-refractivity contribution in [1.29, 1.82) is 0 Å². The highest BCUT2D eigenvalue weighted by Crippen LogP contribution is 2.25. The highest BCUT2D eigenvalue weighted by atomic mass is 19.4. The van der Waals surface area contributed by atoms with Crippen molar-refractivity contribution in [2.75, 3.05) is 34.4 Å². The molecule has 1 unspecified atom stereocenters. The minimum atomic E-state index is -5.08. The third-order valence-corrected chi connectivity index (χ3v) is 4.96. The Labute approximate surface area is 224 Å². The van der Waals surface area contributed by atoms with Crippen molar-refractivity contribution < 1.29 is 60.4 Å². The van der Waals surface area contributed by atoms with Gasteiger partial charge in [0.05, 0.1) is 19.4 Å². The molecule has 1 aliphatic heterocycles. The number of aliphatic carboxylic acids is 2. The summed E-state index contributed by atoms with van der Waals surface area (Å²) in [5.74, 6) is -4.63. The SMILES string of the molecule is COc1ccc(CNCC2OCCc3cn(CC(=O)N(C)C)nc32)cc1.O=C(O)C(F)(F)F.O=C(O)C(F)(F)F. The number of carboxylic acids is 2. The van der Waals surface area contributed by atoms with Crippen LogP contribution in [0.15, 0.2) is 30.5 Å². The Hall–Kier alpha value is -3.86. The molecule has 0 saturated heterocycles. The summed E-state index contributed by atoms with van der Waals surface area (Å²) in [5, 5.41) is 22.3. The first-order valence-corrected chi connectivity index (χ1v) is 11.3. The van der Waals surface area contributed by atoms with Gasteiger partial charge in [0.25, 0.3) is 0 Å². The molecule has 1 amide bonds. The number of likely N-dealkylation sites (N-methyl/N-ethyl adjacent to an activating group) is 1. The average Bonchev–Trinajstić information content (AvgIpc) is 3.27. The van der Waals surface area contributed by atoms with E-state index in [9.17, 15) is 31.1 Å². The number of carbonyl (C=O) groups excluding carboxylic acids is 1. The van der Waals surface area contributed by atoms with Crippen molar-refractivity contribution in [2.45, 2.75) is 38.0 Å². The number of nitrogens with zero attached hydrogens (tertiary/aromatic N) is 3. The summed E-state index contributed by atoms with van der Waals surface area (Å²) in [6.07, 6.45) is -7.45. The van der Waals surface area contributed by atoms with Crippen LogP contribution in [0, 0.1) is 0 Å². The third-order valence-electron chi connectivity index (χ3n) is 4.96. The summed E-state index contributed by atoms with van der Waals surface area (Å²) in [4.78, 5) is 31.3. The molecule has 1 aliphatic rings. The van der Waals surface area contributed by atoms with Crippen molar-refractivity contribution in [3.8, 4) is 5.75 Å².